The number of hydrogen-bond donors (Lipinski definition) is 1. The summed E-state index contributed by atoms with van der Waals surface area (Å²) in [5, 5.41) is 3.12. The molecule has 1 unspecified atom stereocenters. The van der Waals surface area contributed by atoms with Crippen molar-refractivity contribution in [2.45, 2.75) is 19.8 Å². The number of rotatable bonds is 4. The number of carbonyl (C=O) groups excluding carboxylic acids is 1. The van der Waals surface area contributed by atoms with E-state index in [2.05, 4.69) is 12.2 Å². The van der Waals surface area contributed by atoms with Gasteiger partial charge < -0.3 is 5.32 Å². The van der Waals surface area contributed by atoms with Crippen LogP contribution in [0, 0.1) is 17.7 Å². The van der Waals surface area contributed by atoms with E-state index in [0.717, 1.165) is 5.92 Å². The van der Waals surface area contributed by atoms with Crippen LogP contribution in [-0.2, 0) is 0 Å². The molecule has 0 aromatic heterocycles. The Balaban J connectivity index is 1.96. The van der Waals surface area contributed by atoms with Crippen molar-refractivity contribution in [3.05, 3.63) is 34.6 Å². The van der Waals surface area contributed by atoms with E-state index in [0.29, 0.717) is 17.5 Å². The van der Waals surface area contributed by atoms with Crippen molar-refractivity contribution < 1.29 is 9.18 Å². The van der Waals surface area contributed by atoms with Crippen LogP contribution in [-0.4, -0.2) is 12.5 Å². The van der Waals surface area contributed by atoms with E-state index in [-0.39, 0.29) is 5.56 Å². The molecule has 2 rings (SSSR count). The molecule has 92 valence electrons. The number of hydrogen-bond acceptors (Lipinski definition) is 1. The Morgan fingerprint density at radius 3 is 2.94 bits per heavy atom. The first-order valence-corrected chi connectivity index (χ1v) is 6.19. The normalized spacial score (nSPS) is 16.6. The summed E-state index contributed by atoms with van der Waals surface area (Å²) in [6.45, 7) is 2.70. The molecule has 1 N–H and O–H groups in total. The van der Waals surface area contributed by atoms with Gasteiger partial charge in [-0.15, -0.1) is 0 Å². The predicted octanol–water partition coefficient (Wildman–Crippen LogP) is 3.26. The fourth-order valence-corrected chi connectivity index (χ4v) is 2.02. The van der Waals surface area contributed by atoms with Crippen molar-refractivity contribution in [3.8, 4) is 0 Å². The maximum absolute atomic E-state index is 13.4. The molecule has 1 aliphatic carbocycles. The Kier molecular flexibility index (Phi) is 3.67. The lowest BCUT2D eigenvalue weighted by Crippen LogP contribution is -2.29. The Labute approximate surface area is 105 Å². The van der Waals surface area contributed by atoms with Crippen LogP contribution in [0.5, 0.6) is 0 Å². The number of carbonyl (C=O) groups is 1. The van der Waals surface area contributed by atoms with Gasteiger partial charge in [-0.2, -0.15) is 0 Å². The molecule has 1 amide bonds. The van der Waals surface area contributed by atoms with Gasteiger partial charge in [0.05, 0.1) is 5.56 Å². The minimum Gasteiger partial charge on any atom is -0.352 e. The van der Waals surface area contributed by atoms with Gasteiger partial charge in [0.1, 0.15) is 5.82 Å². The number of halogens is 2. The summed E-state index contributed by atoms with van der Waals surface area (Å²) in [4.78, 5) is 11.8. The maximum Gasteiger partial charge on any atom is 0.254 e. The highest BCUT2D eigenvalue weighted by Gasteiger charge is 2.28. The predicted molar refractivity (Wildman–Crippen MR) is 65.6 cm³/mol. The van der Waals surface area contributed by atoms with Gasteiger partial charge >= 0.3 is 0 Å². The van der Waals surface area contributed by atoms with Gasteiger partial charge in [-0.05, 0) is 42.9 Å². The summed E-state index contributed by atoms with van der Waals surface area (Å²) in [6.07, 6.45) is 2.48. The van der Waals surface area contributed by atoms with E-state index in [1.54, 1.807) is 0 Å². The van der Waals surface area contributed by atoms with Gasteiger partial charge in [-0.1, -0.05) is 18.5 Å². The first kappa shape index (κ1) is 12.4. The molecule has 0 bridgehead atoms. The van der Waals surface area contributed by atoms with E-state index in [1.807, 2.05) is 0 Å². The second-order valence-electron chi connectivity index (χ2n) is 4.65. The molecule has 1 saturated carbocycles. The number of amides is 1. The van der Waals surface area contributed by atoms with E-state index in [1.165, 1.54) is 31.0 Å². The largest absolute Gasteiger partial charge is 0.352 e. The van der Waals surface area contributed by atoms with Crippen molar-refractivity contribution in [1.82, 2.24) is 5.32 Å². The topological polar surface area (TPSA) is 29.1 Å². The molecule has 1 atom stereocenters. The Bertz CT molecular complexity index is 431. The van der Waals surface area contributed by atoms with Crippen molar-refractivity contribution >= 4 is 17.5 Å². The monoisotopic (exact) mass is 255 g/mol. The molecule has 0 heterocycles. The number of benzene rings is 1. The molecule has 17 heavy (non-hydrogen) atoms. The summed E-state index contributed by atoms with van der Waals surface area (Å²) >= 11 is 5.74. The zero-order valence-electron chi connectivity index (χ0n) is 9.67. The second-order valence-corrected chi connectivity index (χ2v) is 5.09. The molecule has 2 nitrogen and oxygen atoms in total. The molecular weight excluding hydrogens is 241 g/mol. The fourth-order valence-electron chi connectivity index (χ4n) is 1.85. The van der Waals surface area contributed by atoms with Gasteiger partial charge in [0, 0.05) is 11.6 Å². The third kappa shape index (κ3) is 3.19. The molecule has 0 radical (unpaired) electrons. The van der Waals surface area contributed by atoms with Gasteiger partial charge in [-0.3, -0.25) is 4.79 Å². The van der Waals surface area contributed by atoms with Crippen LogP contribution in [0.15, 0.2) is 18.2 Å². The second kappa shape index (κ2) is 5.05. The standard InChI is InChI=1S/C13H15ClFNO/c1-8(9-2-3-9)7-16-13(17)11-6-10(14)4-5-12(11)15/h4-6,8-9H,2-3,7H2,1H3,(H,16,17). The molecule has 1 fully saturated rings. The summed E-state index contributed by atoms with van der Waals surface area (Å²) in [5.74, 6) is 0.254. The third-order valence-electron chi connectivity index (χ3n) is 3.18. The molecule has 1 aliphatic rings. The maximum atomic E-state index is 13.4. The zero-order valence-corrected chi connectivity index (χ0v) is 10.4. The Hall–Kier alpha value is -1.09. The minimum atomic E-state index is -0.536. The van der Waals surface area contributed by atoms with Crippen LogP contribution in [0.2, 0.25) is 5.02 Å². The van der Waals surface area contributed by atoms with Crippen LogP contribution in [0.3, 0.4) is 0 Å². The van der Waals surface area contributed by atoms with Gasteiger partial charge in [0.15, 0.2) is 0 Å². The fraction of sp³-hybridized carbons (Fsp3) is 0.462. The Morgan fingerprint density at radius 1 is 1.59 bits per heavy atom. The minimum absolute atomic E-state index is 0.0143. The quantitative estimate of drug-likeness (QED) is 0.879. The van der Waals surface area contributed by atoms with Gasteiger partial charge in [0.2, 0.25) is 0 Å². The van der Waals surface area contributed by atoms with E-state index < -0.39 is 11.7 Å². The molecular formula is C13H15ClFNO. The summed E-state index contributed by atoms with van der Waals surface area (Å²) in [5.41, 5.74) is 0.0143. The van der Waals surface area contributed by atoms with Crippen LogP contribution in [0.1, 0.15) is 30.1 Å². The van der Waals surface area contributed by atoms with E-state index in [4.69, 9.17) is 11.6 Å². The molecule has 4 heteroatoms. The molecule has 1 aromatic carbocycles. The highest BCUT2D eigenvalue weighted by atomic mass is 35.5. The van der Waals surface area contributed by atoms with Gasteiger partial charge in [0.25, 0.3) is 5.91 Å². The summed E-state index contributed by atoms with van der Waals surface area (Å²) in [6, 6.07) is 4.00. The van der Waals surface area contributed by atoms with Crippen LogP contribution >= 0.6 is 11.6 Å². The lowest BCUT2D eigenvalue weighted by molar-refractivity contribution is 0.0942. The smallest absolute Gasteiger partial charge is 0.254 e. The lowest BCUT2D eigenvalue weighted by Gasteiger charge is -2.11. The zero-order chi connectivity index (χ0) is 12.4. The third-order valence-corrected chi connectivity index (χ3v) is 3.42. The Morgan fingerprint density at radius 2 is 2.29 bits per heavy atom. The highest BCUT2D eigenvalue weighted by Crippen LogP contribution is 2.36. The van der Waals surface area contributed by atoms with Crippen molar-refractivity contribution in [2.24, 2.45) is 11.8 Å². The van der Waals surface area contributed by atoms with Crippen molar-refractivity contribution in [2.75, 3.05) is 6.54 Å². The first-order valence-electron chi connectivity index (χ1n) is 5.81. The van der Waals surface area contributed by atoms with Crippen LogP contribution in [0.4, 0.5) is 4.39 Å². The van der Waals surface area contributed by atoms with Crippen LogP contribution < -0.4 is 5.32 Å². The SMILES string of the molecule is CC(CNC(=O)c1cc(Cl)ccc1F)C1CC1. The lowest BCUT2D eigenvalue weighted by atomic mass is 10.1. The molecule has 0 spiro atoms. The van der Waals surface area contributed by atoms with Crippen LogP contribution in [0.25, 0.3) is 0 Å². The van der Waals surface area contributed by atoms with E-state index >= 15 is 0 Å². The van der Waals surface area contributed by atoms with Crippen molar-refractivity contribution in [3.63, 3.8) is 0 Å². The molecule has 0 saturated heterocycles. The van der Waals surface area contributed by atoms with Crippen molar-refractivity contribution in [1.29, 1.82) is 0 Å². The summed E-state index contributed by atoms with van der Waals surface area (Å²) < 4.78 is 13.4. The number of nitrogens with one attached hydrogen (secondary N) is 1. The average molecular weight is 256 g/mol. The first-order chi connectivity index (χ1) is 8.08. The van der Waals surface area contributed by atoms with Gasteiger partial charge in [-0.25, -0.2) is 4.39 Å². The highest BCUT2D eigenvalue weighted by molar-refractivity contribution is 6.30. The van der Waals surface area contributed by atoms with E-state index in [9.17, 15) is 9.18 Å². The average Bonchev–Trinajstić information content (AvgIpc) is 3.12. The molecule has 1 aromatic rings. The summed E-state index contributed by atoms with van der Waals surface area (Å²) in [7, 11) is 0. The molecule has 0 aliphatic heterocycles.